The van der Waals surface area contributed by atoms with Gasteiger partial charge in [0.25, 0.3) is 0 Å². The Labute approximate surface area is 181 Å². The first-order valence-electron chi connectivity index (χ1n) is 9.80. The van der Waals surface area contributed by atoms with Gasteiger partial charge in [-0.05, 0) is 38.8 Å². The minimum absolute atomic E-state index is 0.209. The molecular weight excluding hydrogens is 398 g/mol. The van der Waals surface area contributed by atoms with Crippen LogP contribution < -0.4 is 16.4 Å². The van der Waals surface area contributed by atoms with Crippen LogP contribution in [-0.4, -0.2) is 28.1 Å². The van der Waals surface area contributed by atoms with Crippen LogP contribution in [0.2, 0.25) is 0 Å². The molecule has 0 aliphatic carbocycles. The number of nitrogens with zero attached hydrogens (tertiary/aromatic N) is 2. The summed E-state index contributed by atoms with van der Waals surface area (Å²) in [5.41, 5.74) is 9.18. The lowest BCUT2D eigenvalue weighted by Crippen LogP contribution is -2.24. The fourth-order valence-corrected chi connectivity index (χ4v) is 3.55. The van der Waals surface area contributed by atoms with Crippen molar-refractivity contribution in [1.29, 1.82) is 0 Å². The molecule has 30 heavy (non-hydrogen) atoms. The zero-order valence-corrected chi connectivity index (χ0v) is 18.3. The molecule has 1 aromatic heterocycles. The van der Waals surface area contributed by atoms with Crippen molar-refractivity contribution >= 4 is 35.1 Å². The zero-order valence-electron chi connectivity index (χ0n) is 17.4. The third-order valence-corrected chi connectivity index (χ3v) is 4.98. The Kier molecular flexibility index (Phi) is 6.99. The number of esters is 1. The van der Waals surface area contributed by atoms with Gasteiger partial charge in [-0.1, -0.05) is 42.1 Å². The van der Waals surface area contributed by atoms with Gasteiger partial charge in [0, 0.05) is 24.6 Å². The first kappa shape index (κ1) is 21.7. The number of hydrogen-bond acceptors (Lipinski definition) is 8. The second kappa shape index (κ2) is 9.67. The molecule has 8 heteroatoms. The smallest absolute Gasteiger partial charge is 0.306 e. The molecule has 0 saturated heterocycles. The molecule has 4 N–H and O–H groups in total. The van der Waals surface area contributed by atoms with Crippen molar-refractivity contribution in [3.63, 3.8) is 0 Å². The summed E-state index contributed by atoms with van der Waals surface area (Å²) in [4.78, 5) is 20.5. The quantitative estimate of drug-likeness (QED) is 0.453. The molecule has 0 spiro atoms. The Morgan fingerprint density at radius 3 is 2.73 bits per heavy atom. The summed E-state index contributed by atoms with van der Waals surface area (Å²) in [6.07, 6.45) is 2.63. The summed E-state index contributed by atoms with van der Waals surface area (Å²) < 4.78 is 5.30. The molecular formula is C22H27N5O2S. The molecule has 0 radical (unpaired) electrons. The second-order valence-corrected chi connectivity index (χ2v) is 8.65. The molecule has 2 aromatic rings. The average Bonchev–Trinajstić information content (AvgIpc) is 3.20. The Morgan fingerprint density at radius 1 is 1.23 bits per heavy atom. The molecule has 1 aromatic carbocycles. The van der Waals surface area contributed by atoms with Crippen molar-refractivity contribution in [2.24, 2.45) is 5.73 Å². The normalized spacial score (nSPS) is 15.2. The number of carbonyl (C=O) groups is 1. The molecule has 0 atom stereocenters. The van der Waals surface area contributed by atoms with Gasteiger partial charge in [0.15, 0.2) is 0 Å². The molecule has 1 aliphatic heterocycles. The number of nitrogens with one attached hydrogen (secondary N) is 2. The van der Waals surface area contributed by atoms with E-state index in [1.807, 2.05) is 56.5 Å². The highest BCUT2D eigenvalue weighted by molar-refractivity contribution is 8.06. The van der Waals surface area contributed by atoms with E-state index in [1.165, 1.54) is 11.8 Å². The van der Waals surface area contributed by atoms with E-state index in [4.69, 9.17) is 10.5 Å². The first-order valence-corrected chi connectivity index (χ1v) is 10.7. The van der Waals surface area contributed by atoms with Crippen LogP contribution in [-0.2, 0) is 9.53 Å². The van der Waals surface area contributed by atoms with E-state index in [0.717, 1.165) is 16.3 Å². The largest absolute Gasteiger partial charge is 0.460 e. The summed E-state index contributed by atoms with van der Waals surface area (Å²) in [6, 6.07) is 11.8. The van der Waals surface area contributed by atoms with E-state index in [1.54, 1.807) is 12.3 Å². The van der Waals surface area contributed by atoms with Crippen molar-refractivity contribution in [2.45, 2.75) is 39.2 Å². The molecule has 0 unspecified atom stereocenters. The third kappa shape index (κ3) is 6.25. The summed E-state index contributed by atoms with van der Waals surface area (Å²) in [6.45, 7) is 6.14. The van der Waals surface area contributed by atoms with E-state index >= 15 is 0 Å². The Hall–Kier alpha value is -3.00. The van der Waals surface area contributed by atoms with Crippen LogP contribution in [0.5, 0.6) is 0 Å². The van der Waals surface area contributed by atoms with Crippen LogP contribution in [0.25, 0.3) is 11.4 Å². The number of carbonyl (C=O) groups excluding carboxylic acids is 1. The molecule has 0 saturated carbocycles. The molecule has 3 rings (SSSR count). The number of rotatable bonds is 7. The van der Waals surface area contributed by atoms with E-state index in [9.17, 15) is 4.79 Å². The zero-order chi connectivity index (χ0) is 21.6. The molecule has 7 nitrogen and oxygen atoms in total. The minimum atomic E-state index is -0.464. The number of anilines is 1. The Morgan fingerprint density at radius 2 is 2.00 bits per heavy atom. The number of nitrogens with two attached hydrogens (primary N) is 1. The standard InChI is InChI=1S/C22H27N5O2S/c1-22(2,3)29-18(28)10-7-12-24-21-25-13-11-16(27-21)19(23)20-26-17(14-30-20)15-8-5-4-6-9-15/h4-6,8-9,11,13-14,26H,7,10,12,23H2,1-3H3,(H,24,25,27)/b20-19+. The Balaban J connectivity index is 1.55. The maximum absolute atomic E-state index is 11.8. The molecule has 0 fully saturated rings. The lowest BCUT2D eigenvalue weighted by molar-refractivity contribution is -0.154. The van der Waals surface area contributed by atoms with Crippen molar-refractivity contribution in [3.05, 3.63) is 64.3 Å². The fourth-order valence-electron chi connectivity index (χ4n) is 2.72. The lowest BCUT2D eigenvalue weighted by atomic mass is 10.2. The highest BCUT2D eigenvalue weighted by Crippen LogP contribution is 2.32. The predicted octanol–water partition coefficient (Wildman–Crippen LogP) is 3.93. The van der Waals surface area contributed by atoms with E-state index in [2.05, 4.69) is 20.6 Å². The van der Waals surface area contributed by atoms with Crippen molar-refractivity contribution in [3.8, 4) is 0 Å². The van der Waals surface area contributed by atoms with E-state index in [0.29, 0.717) is 36.7 Å². The summed E-state index contributed by atoms with van der Waals surface area (Å²) in [5, 5.41) is 9.36. The summed E-state index contributed by atoms with van der Waals surface area (Å²) >= 11 is 1.53. The van der Waals surface area contributed by atoms with Crippen LogP contribution in [0.1, 0.15) is 44.9 Å². The van der Waals surface area contributed by atoms with Crippen molar-refractivity contribution < 1.29 is 9.53 Å². The van der Waals surface area contributed by atoms with Crippen LogP contribution in [0.4, 0.5) is 5.95 Å². The van der Waals surface area contributed by atoms with Gasteiger partial charge in [-0.2, -0.15) is 0 Å². The monoisotopic (exact) mass is 425 g/mol. The Bertz CT molecular complexity index is 952. The molecule has 2 heterocycles. The number of hydrogen-bond donors (Lipinski definition) is 3. The van der Waals surface area contributed by atoms with Crippen LogP contribution >= 0.6 is 11.8 Å². The number of ether oxygens (including phenoxy) is 1. The second-order valence-electron chi connectivity index (χ2n) is 7.77. The lowest BCUT2D eigenvalue weighted by Gasteiger charge is -2.19. The van der Waals surface area contributed by atoms with Crippen LogP contribution in [0, 0.1) is 0 Å². The molecule has 0 bridgehead atoms. The van der Waals surface area contributed by atoms with Crippen molar-refractivity contribution in [1.82, 2.24) is 15.3 Å². The van der Waals surface area contributed by atoms with Gasteiger partial charge in [-0.3, -0.25) is 4.79 Å². The van der Waals surface area contributed by atoms with Gasteiger partial charge in [0.05, 0.1) is 17.1 Å². The van der Waals surface area contributed by atoms with Gasteiger partial charge in [0.2, 0.25) is 5.95 Å². The van der Waals surface area contributed by atoms with Crippen LogP contribution in [0.3, 0.4) is 0 Å². The third-order valence-electron chi connectivity index (χ3n) is 4.06. The van der Waals surface area contributed by atoms with Gasteiger partial charge in [0.1, 0.15) is 10.6 Å². The predicted molar refractivity (Wildman–Crippen MR) is 122 cm³/mol. The molecule has 0 amide bonds. The highest BCUT2D eigenvalue weighted by Gasteiger charge is 2.17. The number of benzene rings is 1. The first-order chi connectivity index (χ1) is 14.3. The SMILES string of the molecule is CC(C)(C)OC(=O)CCCNc1nccc(/C(N)=C2/NC(c3ccccc3)=CS2)n1. The van der Waals surface area contributed by atoms with E-state index in [-0.39, 0.29) is 5.97 Å². The van der Waals surface area contributed by atoms with Gasteiger partial charge >= 0.3 is 5.97 Å². The highest BCUT2D eigenvalue weighted by atomic mass is 32.2. The number of aromatic nitrogens is 2. The maximum Gasteiger partial charge on any atom is 0.306 e. The molecule has 158 valence electrons. The number of thioether (sulfide) groups is 1. The maximum atomic E-state index is 11.8. The van der Waals surface area contributed by atoms with Crippen molar-refractivity contribution in [2.75, 3.05) is 11.9 Å². The van der Waals surface area contributed by atoms with Crippen LogP contribution in [0.15, 0.2) is 53.0 Å². The minimum Gasteiger partial charge on any atom is -0.460 e. The summed E-state index contributed by atoms with van der Waals surface area (Å²) in [7, 11) is 0. The molecule has 1 aliphatic rings. The van der Waals surface area contributed by atoms with E-state index < -0.39 is 5.60 Å². The fraction of sp³-hybridized carbons (Fsp3) is 0.318. The summed E-state index contributed by atoms with van der Waals surface area (Å²) in [5.74, 6) is 0.262. The van der Waals surface area contributed by atoms with Gasteiger partial charge in [-0.25, -0.2) is 9.97 Å². The average molecular weight is 426 g/mol. The topological polar surface area (TPSA) is 102 Å². The van der Waals surface area contributed by atoms with Gasteiger partial charge < -0.3 is 21.1 Å². The van der Waals surface area contributed by atoms with Gasteiger partial charge in [-0.15, -0.1) is 0 Å².